The number of benzene rings is 1. The standard InChI is InChI=1S/C15H18BrN3O/c1-2-20-12-5-7-19(8-6-12)15-13-9-11(16)3-4-14(13)17-10-18-15/h3-4,9-10,12H,2,5-8H2,1H3. The summed E-state index contributed by atoms with van der Waals surface area (Å²) in [6.07, 6.45) is 4.18. The fraction of sp³-hybridized carbons (Fsp3) is 0.467. The largest absolute Gasteiger partial charge is 0.378 e. The Bertz CT molecular complexity index is 597. The summed E-state index contributed by atoms with van der Waals surface area (Å²) in [5, 5.41) is 1.11. The third-order valence-corrected chi connectivity index (χ3v) is 4.21. The molecule has 2 heterocycles. The minimum absolute atomic E-state index is 0.399. The average molecular weight is 336 g/mol. The molecule has 0 N–H and O–H groups in total. The molecule has 5 heteroatoms. The Labute approximate surface area is 127 Å². The minimum atomic E-state index is 0.399. The number of piperidine rings is 1. The number of hydrogen-bond donors (Lipinski definition) is 0. The fourth-order valence-corrected chi connectivity index (χ4v) is 3.10. The number of aromatic nitrogens is 2. The Morgan fingerprint density at radius 2 is 2.10 bits per heavy atom. The molecule has 1 aromatic heterocycles. The van der Waals surface area contributed by atoms with E-state index in [4.69, 9.17) is 4.74 Å². The lowest BCUT2D eigenvalue weighted by Crippen LogP contribution is -2.37. The number of nitrogens with zero attached hydrogens (tertiary/aromatic N) is 3. The van der Waals surface area contributed by atoms with E-state index < -0.39 is 0 Å². The van der Waals surface area contributed by atoms with E-state index in [1.165, 1.54) is 0 Å². The van der Waals surface area contributed by atoms with Crippen molar-refractivity contribution in [2.45, 2.75) is 25.9 Å². The Morgan fingerprint density at radius 3 is 2.85 bits per heavy atom. The second-order valence-corrected chi connectivity index (χ2v) is 5.92. The molecule has 1 fully saturated rings. The molecule has 1 aliphatic rings. The lowest BCUT2D eigenvalue weighted by molar-refractivity contribution is 0.0459. The SMILES string of the molecule is CCOC1CCN(c2ncnc3ccc(Br)cc23)CC1. The molecule has 0 spiro atoms. The van der Waals surface area contributed by atoms with Gasteiger partial charge in [-0.25, -0.2) is 9.97 Å². The molecule has 0 bridgehead atoms. The first kappa shape index (κ1) is 13.8. The van der Waals surface area contributed by atoms with Crippen LogP contribution < -0.4 is 4.90 Å². The van der Waals surface area contributed by atoms with Gasteiger partial charge in [0.15, 0.2) is 0 Å². The van der Waals surface area contributed by atoms with Crippen LogP contribution >= 0.6 is 15.9 Å². The van der Waals surface area contributed by atoms with Gasteiger partial charge in [0.2, 0.25) is 0 Å². The molecular formula is C15H18BrN3O. The van der Waals surface area contributed by atoms with Crippen LogP contribution in [0.4, 0.5) is 5.82 Å². The normalized spacial score (nSPS) is 16.8. The van der Waals surface area contributed by atoms with Crippen molar-refractivity contribution >= 4 is 32.7 Å². The first-order chi connectivity index (χ1) is 9.78. The number of rotatable bonds is 3. The molecule has 106 valence electrons. The van der Waals surface area contributed by atoms with Gasteiger partial charge in [-0.15, -0.1) is 0 Å². The molecule has 0 radical (unpaired) electrons. The van der Waals surface area contributed by atoms with Gasteiger partial charge in [-0.1, -0.05) is 15.9 Å². The molecule has 1 saturated heterocycles. The molecule has 3 rings (SSSR count). The molecule has 1 aliphatic heterocycles. The second kappa shape index (κ2) is 6.06. The zero-order valence-electron chi connectivity index (χ0n) is 11.6. The van der Waals surface area contributed by atoms with Crippen molar-refractivity contribution in [1.82, 2.24) is 9.97 Å². The molecule has 0 saturated carbocycles. The second-order valence-electron chi connectivity index (χ2n) is 5.00. The van der Waals surface area contributed by atoms with E-state index in [0.29, 0.717) is 6.10 Å². The summed E-state index contributed by atoms with van der Waals surface area (Å²) >= 11 is 3.53. The van der Waals surface area contributed by atoms with Gasteiger partial charge in [0.25, 0.3) is 0 Å². The van der Waals surface area contributed by atoms with Gasteiger partial charge in [-0.3, -0.25) is 0 Å². The van der Waals surface area contributed by atoms with Gasteiger partial charge >= 0.3 is 0 Å². The zero-order valence-corrected chi connectivity index (χ0v) is 13.1. The smallest absolute Gasteiger partial charge is 0.139 e. The Kier molecular flexibility index (Phi) is 4.17. The summed E-state index contributed by atoms with van der Waals surface area (Å²) in [5.74, 6) is 1.03. The van der Waals surface area contributed by atoms with Crippen LogP contribution in [0, 0.1) is 0 Å². The first-order valence-corrected chi connectivity index (χ1v) is 7.84. The molecule has 0 unspecified atom stereocenters. The quantitative estimate of drug-likeness (QED) is 0.861. The van der Waals surface area contributed by atoms with Crippen LogP contribution in [0.1, 0.15) is 19.8 Å². The molecule has 0 amide bonds. The molecule has 0 aliphatic carbocycles. The van der Waals surface area contributed by atoms with Crippen molar-refractivity contribution in [3.8, 4) is 0 Å². The third-order valence-electron chi connectivity index (χ3n) is 3.72. The lowest BCUT2D eigenvalue weighted by Gasteiger charge is -2.33. The number of hydrogen-bond acceptors (Lipinski definition) is 4. The lowest BCUT2D eigenvalue weighted by atomic mass is 10.1. The number of anilines is 1. The minimum Gasteiger partial charge on any atom is -0.378 e. The van der Waals surface area contributed by atoms with Crippen LogP contribution in [-0.4, -0.2) is 35.8 Å². The molecule has 4 nitrogen and oxygen atoms in total. The maximum absolute atomic E-state index is 5.71. The van der Waals surface area contributed by atoms with Crippen molar-refractivity contribution in [2.24, 2.45) is 0 Å². The van der Waals surface area contributed by atoms with Crippen LogP contribution in [0.25, 0.3) is 10.9 Å². The maximum atomic E-state index is 5.71. The van der Waals surface area contributed by atoms with E-state index >= 15 is 0 Å². The summed E-state index contributed by atoms with van der Waals surface area (Å²) < 4.78 is 6.77. The van der Waals surface area contributed by atoms with E-state index in [9.17, 15) is 0 Å². The first-order valence-electron chi connectivity index (χ1n) is 7.04. The van der Waals surface area contributed by atoms with E-state index in [-0.39, 0.29) is 0 Å². The summed E-state index contributed by atoms with van der Waals surface area (Å²) in [6.45, 7) is 4.84. The van der Waals surface area contributed by atoms with Gasteiger partial charge in [0.1, 0.15) is 12.1 Å². The Hall–Kier alpha value is -1.20. The number of fused-ring (bicyclic) bond motifs is 1. The van der Waals surface area contributed by atoms with Crippen molar-refractivity contribution in [2.75, 3.05) is 24.6 Å². The van der Waals surface area contributed by atoms with Crippen LogP contribution in [-0.2, 0) is 4.74 Å². The topological polar surface area (TPSA) is 38.2 Å². The predicted octanol–water partition coefficient (Wildman–Crippen LogP) is 3.40. The highest BCUT2D eigenvalue weighted by molar-refractivity contribution is 9.10. The van der Waals surface area contributed by atoms with Crippen molar-refractivity contribution in [3.05, 3.63) is 29.0 Å². The molecule has 2 aromatic rings. The van der Waals surface area contributed by atoms with Gasteiger partial charge in [-0.2, -0.15) is 0 Å². The van der Waals surface area contributed by atoms with Gasteiger partial charge < -0.3 is 9.64 Å². The average Bonchev–Trinajstić information content (AvgIpc) is 2.48. The van der Waals surface area contributed by atoms with Crippen molar-refractivity contribution in [3.63, 3.8) is 0 Å². The number of halogens is 1. The van der Waals surface area contributed by atoms with Crippen LogP contribution in [0.15, 0.2) is 29.0 Å². The van der Waals surface area contributed by atoms with Crippen LogP contribution in [0.2, 0.25) is 0 Å². The Balaban J connectivity index is 1.86. The van der Waals surface area contributed by atoms with Gasteiger partial charge in [0, 0.05) is 29.6 Å². The maximum Gasteiger partial charge on any atom is 0.139 e. The molecular weight excluding hydrogens is 318 g/mol. The summed E-state index contributed by atoms with van der Waals surface area (Å²) in [7, 11) is 0. The monoisotopic (exact) mass is 335 g/mol. The highest BCUT2D eigenvalue weighted by atomic mass is 79.9. The summed E-state index contributed by atoms with van der Waals surface area (Å²) in [6, 6.07) is 6.14. The van der Waals surface area contributed by atoms with Gasteiger partial charge in [0.05, 0.1) is 11.6 Å². The fourth-order valence-electron chi connectivity index (χ4n) is 2.74. The van der Waals surface area contributed by atoms with Crippen molar-refractivity contribution < 1.29 is 4.74 Å². The van der Waals surface area contributed by atoms with Crippen LogP contribution in [0.3, 0.4) is 0 Å². The Morgan fingerprint density at radius 1 is 1.30 bits per heavy atom. The number of ether oxygens (including phenoxy) is 1. The summed E-state index contributed by atoms with van der Waals surface area (Å²) in [4.78, 5) is 11.2. The van der Waals surface area contributed by atoms with E-state index in [1.54, 1.807) is 6.33 Å². The summed E-state index contributed by atoms with van der Waals surface area (Å²) in [5.41, 5.74) is 0.991. The highest BCUT2D eigenvalue weighted by Gasteiger charge is 2.21. The highest BCUT2D eigenvalue weighted by Crippen LogP contribution is 2.28. The van der Waals surface area contributed by atoms with E-state index in [2.05, 4.69) is 43.8 Å². The van der Waals surface area contributed by atoms with E-state index in [0.717, 1.165) is 53.7 Å². The van der Waals surface area contributed by atoms with Gasteiger partial charge in [-0.05, 0) is 38.0 Å². The molecule has 0 atom stereocenters. The molecule has 20 heavy (non-hydrogen) atoms. The third kappa shape index (κ3) is 2.79. The van der Waals surface area contributed by atoms with E-state index in [1.807, 2.05) is 12.1 Å². The van der Waals surface area contributed by atoms with Crippen LogP contribution in [0.5, 0.6) is 0 Å². The van der Waals surface area contributed by atoms with Crippen molar-refractivity contribution in [1.29, 1.82) is 0 Å². The zero-order chi connectivity index (χ0) is 13.9. The molecule has 1 aromatic carbocycles. The predicted molar refractivity (Wildman–Crippen MR) is 84.1 cm³/mol.